The van der Waals surface area contributed by atoms with E-state index in [1.165, 1.54) is 0 Å². The Morgan fingerprint density at radius 3 is 2.36 bits per heavy atom. The Morgan fingerprint density at radius 2 is 1.58 bits per heavy atom. The van der Waals surface area contributed by atoms with Crippen molar-refractivity contribution >= 4 is 44.0 Å². The molecule has 0 saturated carbocycles. The molecule has 1 N–H and O–H groups in total. The minimum Gasteiger partial charge on any atom is -0.493 e. The highest BCUT2D eigenvalue weighted by Gasteiger charge is 2.20. The highest BCUT2D eigenvalue weighted by Crippen LogP contribution is 2.33. The number of rotatable bonds is 6. The minimum atomic E-state index is -0.264. The molecule has 3 aromatic carbocycles. The first-order valence-corrected chi connectivity index (χ1v) is 11.7. The third-order valence-electron chi connectivity index (χ3n) is 6.65. The molecule has 0 aliphatic rings. The maximum absolute atomic E-state index is 13.4. The van der Waals surface area contributed by atoms with Crippen LogP contribution in [0.1, 0.15) is 16.1 Å². The van der Waals surface area contributed by atoms with E-state index < -0.39 is 0 Å². The maximum atomic E-state index is 13.4. The van der Waals surface area contributed by atoms with Crippen molar-refractivity contribution in [2.45, 2.75) is 6.42 Å². The molecule has 0 unspecified atom stereocenters. The van der Waals surface area contributed by atoms with E-state index in [1.807, 2.05) is 60.7 Å². The van der Waals surface area contributed by atoms with Crippen molar-refractivity contribution in [2.75, 3.05) is 20.8 Å². The van der Waals surface area contributed by atoms with Gasteiger partial charge in [-0.3, -0.25) is 14.0 Å². The van der Waals surface area contributed by atoms with E-state index in [0.717, 1.165) is 32.8 Å². The number of aromatic nitrogens is 2. The second kappa shape index (κ2) is 8.53. The molecule has 0 radical (unpaired) electrons. The average molecular weight is 478 g/mol. The van der Waals surface area contributed by atoms with Crippen molar-refractivity contribution in [3.8, 4) is 11.5 Å². The van der Waals surface area contributed by atoms with E-state index >= 15 is 0 Å². The molecule has 6 rings (SSSR count). The van der Waals surface area contributed by atoms with Gasteiger partial charge in [0.05, 0.1) is 30.8 Å². The number of ether oxygens (including phenoxy) is 2. The van der Waals surface area contributed by atoms with Crippen LogP contribution in [0, 0.1) is 0 Å². The summed E-state index contributed by atoms with van der Waals surface area (Å²) in [5.41, 5.74) is 3.43. The van der Waals surface area contributed by atoms with Crippen molar-refractivity contribution in [3.63, 3.8) is 0 Å². The molecule has 0 bridgehead atoms. The number of nitrogens with zero attached hydrogens (tertiary/aromatic N) is 2. The number of hydrogen-bond acceptors (Lipinski definition) is 5. The van der Waals surface area contributed by atoms with Crippen LogP contribution in [0.3, 0.4) is 0 Å². The van der Waals surface area contributed by atoms with Gasteiger partial charge < -0.3 is 14.8 Å². The van der Waals surface area contributed by atoms with Crippen molar-refractivity contribution < 1.29 is 14.3 Å². The zero-order valence-electron chi connectivity index (χ0n) is 19.9. The van der Waals surface area contributed by atoms with Gasteiger partial charge in [-0.2, -0.15) is 0 Å². The summed E-state index contributed by atoms with van der Waals surface area (Å²) in [5.74, 6) is 1.05. The Morgan fingerprint density at radius 1 is 0.861 bits per heavy atom. The summed E-state index contributed by atoms with van der Waals surface area (Å²) in [6.45, 7) is 0.431. The van der Waals surface area contributed by atoms with Crippen LogP contribution in [0.4, 0.5) is 0 Å². The van der Waals surface area contributed by atoms with Gasteiger partial charge in [-0.25, -0.2) is 4.98 Å². The lowest BCUT2D eigenvalue weighted by atomic mass is 10.1. The number of amides is 1. The lowest BCUT2D eigenvalue weighted by molar-refractivity contribution is 0.0949. The number of fused-ring (bicyclic) bond motifs is 5. The molecule has 36 heavy (non-hydrogen) atoms. The molecule has 0 fully saturated rings. The quantitative estimate of drug-likeness (QED) is 0.355. The van der Waals surface area contributed by atoms with Crippen molar-refractivity contribution in [3.05, 3.63) is 94.4 Å². The molecule has 0 saturated heterocycles. The van der Waals surface area contributed by atoms with Crippen LogP contribution < -0.4 is 20.3 Å². The number of carbonyl (C=O) groups excluding carboxylic acids is 1. The highest BCUT2D eigenvalue weighted by molar-refractivity contribution is 6.20. The first-order valence-electron chi connectivity index (χ1n) is 11.7. The van der Waals surface area contributed by atoms with Crippen molar-refractivity contribution in [1.82, 2.24) is 14.7 Å². The van der Waals surface area contributed by atoms with Crippen molar-refractivity contribution in [2.24, 2.45) is 0 Å². The molecular weight excluding hydrogens is 454 g/mol. The molecule has 0 spiro atoms. The number of benzene rings is 3. The number of pyridine rings is 2. The van der Waals surface area contributed by atoms with Gasteiger partial charge in [0, 0.05) is 28.1 Å². The standard InChI is InChI=1S/C29H23N3O4/c1-35-24-12-11-17(15-25(24)36-2)13-14-30-28(33)22-16-21-18-7-5-6-10-23(18)32-27(21)26(31-22)19-8-3-4-9-20(19)29(32)34/h3-12,15-16H,13-14H2,1-2H3,(H,30,33). The summed E-state index contributed by atoms with van der Waals surface area (Å²) >= 11 is 0. The second-order valence-electron chi connectivity index (χ2n) is 8.65. The lowest BCUT2D eigenvalue weighted by Crippen LogP contribution is -2.26. The molecule has 0 atom stereocenters. The Balaban J connectivity index is 1.40. The van der Waals surface area contributed by atoms with Gasteiger partial charge in [-0.1, -0.05) is 42.5 Å². The maximum Gasteiger partial charge on any atom is 0.269 e. The van der Waals surface area contributed by atoms with Crippen LogP contribution in [0.25, 0.3) is 38.1 Å². The molecule has 7 heteroatoms. The molecule has 3 aromatic heterocycles. The fourth-order valence-corrected chi connectivity index (χ4v) is 4.95. The van der Waals surface area contributed by atoms with E-state index in [0.29, 0.717) is 41.1 Å². The van der Waals surface area contributed by atoms with Crippen LogP contribution in [0.15, 0.2) is 77.6 Å². The molecule has 178 valence electrons. The predicted molar refractivity (Wildman–Crippen MR) is 141 cm³/mol. The van der Waals surface area contributed by atoms with Crippen LogP contribution in [-0.2, 0) is 6.42 Å². The van der Waals surface area contributed by atoms with Gasteiger partial charge in [0.15, 0.2) is 11.5 Å². The van der Waals surface area contributed by atoms with Gasteiger partial charge in [-0.05, 0) is 42.3 Å². The van der Waals surface area contributed by atoms with Crippen LogP contribution in [-0.4, -0.2) is 36.1 Å². The van der Waals surface area contributed by atoms with Crippen LogP contribution in [0.2, 0.25) is 0 Å². The second-order valence-corrected chi connectivity index (χ2v) is 8.65. The summed E-state index contributed by atoms with van der Waals surface area (Å²) in [5, 5.41) is 6.05. The van der Waals surface area contributed by atoms with Gasteiger partial charge in [0.1, 0.15) is 5.69 Å². The molecule has 3 heterocycles. The average Bonchev–Trinajstić information content (AvgIpc) is 3.26. The topological polar surface area (TPSA) is 81.9 Å². The van der Waals surface area contributed by atoms with Crippen molar-refractivity contribution in [1.29, 1.82) is 0 Å². The summed E-state index contributed by atoms with van der Waals surface area (Å²) < 4.78 is 12.4. The SMILES string of the molecule is COc1ccc(CCNC(=O)c2cc3c4ccccc4n4c(=O)c5ccccc5c(n2)c34)cc1OC. The third-order valence-corrected chi connectivity index (χ3v) is 6.65. The van der Waals surface area contributed by atoms with E-state index in [-0.39, 0.29) is 11.5 Å². The van der Waals surface area contributed by atoms with Gasteiger partial charge >= 0.3 is 0 Å². The zero-order chi connectivity index (χ0) is 24.8. The predicted octanol–water partition coefficient (Wildman–Crippen LogP) is 4.58. The normalized spacial score (nSPS) is 11.5. The van der Waals surface area contributed by atoms with Gasteiger partial charge in [0.25, 0.3) is 11.5 Å². The number of hydrogen-bond donors (Lipinski definition) is 1. The smallest absolute Gasteiger partial charge is 0.269 e. The largest absolute Gasteiger partial charge is 0.493 e. The summed E-state index contributed by atoms with van der Waals surface area (Å²) in [6.07, 6.45) is 0.623. The third kappa shape index (κ3) is 3.32. The summed E-state index contributed by atoms with van der Waals surface area (Å²) in [7, 11) is 3.20. The van der Waals surface area contributed by atoms with Gasteiger partial charge in [-0.15, -0.1) is 0 Å². The molecule has 1 amide bonds. The Bertz CT molecular complexity index is 1840. The number of carbonyl (C=O) groups is 1. The number of methoxy groups -OCH3 is 2. The Hall–Kier alpha value is -4.65. The highest BCUT2D eigenvalue weighted by atomic mass is 16.5. The summed E-state index contributed by atoms with van der Waals surface area (Å²) in [6, 6.07) is 22.6. The molecule has 0 aliphatic carbocycles. The van der Waals surface area contributed by atoms with E-state index in [9.17, 15) is 9.59 Å². The summed E-state index contributed by atoms with van der Waals surface area (Å²) in [4.78, 5) is 31.4. The Labute approximate surface area is 206 Å². The molecule has 7 nitrogen and oxygen atoms in total. The van der Waals surface area contributed by atoms with E-state index in [2.05, 4.69) is 5.32 Å². The van der Waals surface area contributed by atoms with Gasteiger partial charge in [0.2, 0.25) is 0 Å². The molecule has 0 aliphatic heterocycles. The lowest BCUT2D eigenvalue weighted by Gasteiger charge is -2.11. The molecular formula is C29H23N3O4. The Kier molecular flexibility index (Phi) is 5.18. The molecule has 6 aromatic rings. The monoisotopic (exact) mass is 477 g/mol. The van der Waals surface area contributed by atoms with E-state index in [4.69, 9.17) is 14.5 Å². The number of para-hydroxylation sites is 1. The van der Waals surface area contributed by atoms with Crippen LogP contribution in [0.5, 0.6) is 11.5 Å². The fraction of sp³-hybridized carbons (Fsp3) is 0.138. The fourth-order valence-electron chi connectivity index (χ4n) is 4.95. The van der Waals surface area contributed by atoms with Crippen LogP contribution >= 0.6 is 0 Å². The van der Waals surface area contributed by atoms with E-state index in [1.54, 1.807) is 30.8 Å². The first kappa shape index (κ1) is 21.9. The first-order chi connectivity index (χ1) is 17.6. The number of nitrogens with one attached hydrogen (secondary N) is 1. The zero-order valence-corrected chi connectivity index (χ0v) is 19.9. The minimum absolute atomic E-state index is 0.0850.